The lowest BCUT2D eigenvalue weighted by Gasteiger charge is -2.29. The molecule has 0 atom stereocenters. The fourth-order valence-electron chi connectivity index (χ4n) is 4.10. The first kappa shape index (κ1) is 16.2. The first-order valence-corrected chi connectivity index (χ1v) is 10.5. The Morgan fingerprint density at radius 3 is 2.69 bits per heavy atom. The van der Waals surface area contributed by atoms with E-state index in [1.807, 2.05) is 10.7 Å². The van der Waals surface area contributed by atoms with E-state index in [2.05, 4.69) is 38.5 Å². The first-order chi connectivity index (χ1) is 12.8. The van der Waals surface area contributed by atoms with Gasteiger partial charge < -0.3 is 4.90 Å². The molecule has 136 valence electrons. The zero-order valence-electron chi connectivity index (χ0n) is 14.9. The van der Waals surface area contributed by atoms with Crippen molar-refractivity contribution < 1.29 is 0 Å². The molecule has 0 amide bonds. The van der Waals surface area contributed by atoms with Crippen LogP contribution in [0.15, 0.2) is 29.9 Å². The number of rotatable bonds is 4. The normalized spacial score (nSPS) is 19.6. The van der Waals surface area contributed by atoms with Gasteiger partial charge in [-0.15, -0.1) is 11.3 Å². The molecule has 0 unspecified atom stereocenters. The van der Waals surface area contributed by atoms with Crippen LogP contribution in [0.4, 0.5) is 5.69 Å². The molecule has 6 nitrogen and oxygen atoms in total. The Balaban J connectivity index is 1.27. The second-order valence-electron chi connectivity index (χ2n) is 7.33. The number of likely N-dealkylation sites (tertiary alicyclic amines) is 1. The Morgan fingerprint density at radius 2 is 1.92 bits per heavy atom. The molecule has 5 heterocycles. The minimum absolute atomic E-state index is 0.470. The minimum Gasteiger partial charge on any atom is -0.370 e. The molecule has 0 radical (unpaired) electrons. The Kier molecular flexibility index (Phi) is 4.34. The average molecular weight is 369 g/mol. The molecule has 0 N–H and O–H groups in total. The zero-order chi connectivity index (χ0) is 17.3. The minimum atomic E-state index is 0.470. The van der Waals surface area contributed by atoms with Crippen molar-refractivity contribution in [2.75, 3.05) is 31.1 Å². The fraction of sp³-hybridized carbons (Fsp3) is 0.526. The van der Waals surface area contributed by atoms with Gasteiger partial charge in [-0.05, 0) is 50.9 Å². The van der Waals surface area contributed by atoms with E-state index in [0.29, 0.717) is 5.92 Å². The summed E-state index contributed by atoms with van der Waals surface area (Å²) in [7, 11) is 0. The summed E-state index contributed by atoms with van der Waals surface area (Å²) in [4.78, 5) is 14.2. The first-order valence-electron chi connectivity index (χ1n) is 9.57. The fourth-order valence-corrected chi connectivity index (χ4v) is 4.75. The maximum absolute atomic E-state index is 4.82. The Hall–Kier alpha value is -1.99. The van der Waals surface area contributed by atoms with Crippen molar-refractivity contribution >= 4 is 22.7 Å². The van der Waals surface area contributed by atoms with Gasteiger partial charge in [0, 0.05) is 30.6 Å². The molecule has 0 spiro atoms. The largest absolute Gasteiger partial charge is 0.370 e. The molecular formula is C19H24N6S. The summed E-state index contributed by atoms with van der Waals surface area (Å²) in [5, 5.41) is 8.09. The molecule has 26 heavy (non-hydrogen) atoms. The second-order valence-corrected chi connectivity index (χ2v) is 8.31. The van der Waals surface area contributed by atoms with Crippen molar-refractivity contribution in [1.82, 2.24) is 24.5 Å². The molecule has 2 aliphatic rings. The lowest BCUT2D eigenvalue weighted by Crippen LogP contribution is -2.32. The van der Waals surface area contributed by atoms with Gasteiger partial charge in [0.25, 0.3) is 0 Å². The van der Waals surface area contributed by atoms with E-state index >= 15 is 0 Å². The van der Waals surface area contributed by atoms with Gasteiger partial charge >= 0.3 is 0 Å². The summed E-state index contributed by atoms with van der Waals surface area (Å²) >= 11 is 1.74. The molecule has 3 aromatic rings. The molecule has 2 fully saturated rings. The van der Waals surface area contributed by atoms with Crippen LogP contribution in [-0.4, -0.2) is 50.7 Å². The summed E-state index contributed by atoms with van der Waals surface area (Å²) in [6, 6.07) is 4.30. The third-order valence-corrected chi connectivity index (χ3v) is 6.36. The van der Waals surface area contributed by atoms with E-state index in [9.17, 15) is 0 Å². The van der Waals surface area contributed by atoms with E-state index in [1.165, 1.54) is 23.5 Å². The number of pyridine rings is 1. The number of fused-ring (bicyclic) bond motifs is 1. The van der Waals surface area contributed by atoms with Crippen molar-refractivity contribution in [2.45, 2.75) is 38.1 Å². The van der Waals surface area contributed by atoms with Crippen LogP contribution in [0.3, 0.4) is 0 Å². The van der Waals surface area contributed by atoms with Crippen molar-refractivity contribution in [3.05, 3.63) is 40.7 Å². The molecule has 0 saturated carbocycles. The lowest BCUT2D eigenvalue weighted by molar-refractivity contribution is 0.201. The summed E-state index contributed by atoms with van der Waals surface area (Å²) in [6.45, 7) is 5.48. The van der Waals surface area contributed by atoms with E-state index in [4.69, 9.17) is 10.1 Å². The average Bonchev–Trinajstić information content (AvgIpc) is 3.43. The topological polar surface area (TPSA) is 49.6 Å². The quantitative estimate of drug-likeness (QED) is 0.708. The number of hydrogen-bond donors (Lipinski definition) is 0. The molecule has 0 aromatic carbocycles. The summed E-state index contributed by atoms with van der Waals surface area (Å²) in [5.74, 6) is 1.48. The third-order valence-electron chi connectivity index (χ3n) is 5.60. The monoisotopic (exact) mass is 368 g/mol. The molecule has 2 aliphatic heterocycles. The maximum atomic E-state index is 4.82. The van der Waals surface area contributed by atoms with Gasteiger partial charge in [-0.1, -0.05) is 0 Å². The van der Waals surface area contributed by atoms with Gasteiger partial charge in [-0.25, -0.2) is 14.5 Å². The van der Waals surface area contributed by atoms with Crippen LogP contribution in [-0.2, 0) is 6.54 Å². The van der Waals surface area contributed by atoms with Gasteiger partial charge in [0.05, 0.1) is 18.4 Å². The van der Waals surface area contributed by atoms with Gasteiger partial charge in [0.1, 0.15) is 5.01 Å². The van der Waals surface area contributed by atoms with Crippen LogP contribution >= 0.6 is 11.3 Å². The van der Waals surface area contributed by atoms with Crippen LogP contribution in [0.5, 0.6) is 0 Å². The van der Waals surface area contributed by atoms with Crippen molar-refractivity contribution in [3.63, 3.8) is 0 Å². The van der Waals surface area contributed by atoms with Gasteiger partial charge in [-0.3, -0.25) is 4.90 Å². The molecular weight excluding hydrogens is 344 g/mol. The Morgan fingerprint density at radius 1 is 1.08 bits per heavy atom. The molecule has 0 aliphatic carbocycles. The predicted octanol–water partition coefficient (Wildman–Crippen LogP) is 3.17. The van der Waals surface area contributed by atoms with Crippen LogP contribution in [0.25, 0.3) is 5.65 Å². The highest BCUT2D eigenvalue weighted by molar-refractivity contribution is 7.09. The number of anilines is 1. The smallest absolute Gasteiger partial charge is 0.155 e. The molecule has 5 rings (SSSR count). The highest BCUT2D eigenvalue weighted by Crippen LogP contribution is 2.28. The van der Waals surface area contributed by atoms with E-state index in [1.54, 1.807) is 11.3 Å². The van der Waals surface area contributed by atoms with Crippen LogP contribution in [0, 0.1) is 0 Å². The van der Waals surface area contributed by atoms with Gasteiger partial charge in [0.15, 0.2) is 11.5 Å². The number of nitrogens with zero attached hydrogens (tertiary/aromatic N) is 6. The third kappa shape index (κ3) is 3.21. The highest BCUT2D eigenvalue weighted by Gasteiger charge is 2.24. The van der Waals surface area contributed by atoms with Crippen molar-refractivity contribution in [1.29, 1.82) is 0 Å². The van der Waals surface area contributed by atoms with Crippen LogP contribution in [0.1, 0.15) is 42.4 Å². The standard InChI is InChI=1S/C19H24N6S/c1-2-9-24(8-1)16-3-4-17-21-19(22-25(17)13-16)15-5-10-23(11-6-15)14-18-20-7-12-26-18/h3-4,7,12-13,15H,1-2,5-6,8-11,14H2. The Labute approximate surface area is 157 Å². The molecule has 7 heteroatoms. The second kappa shape index (κ2) is 6.96. The van der Waals surface area contributed by atoms with E-state index < -0.39 is 0 Å². The lowest BCUT2D eigenvalue weighted by atomic mass is 9.96. The SMILES string of the molecule is c1csc(CN2CCC(c3nc4ccc(N5CCCC5)cn4n3)CC2)n1. The highest BCUT2D eigenvalue weighted by atomic mass is 32.1. The molecule has 0 bridgehead atoms. The number of thiazole rings is 1. The summed E-state index contributed by atoms with van der Waals surface area (Å²) in [5.41, 5.74) is 2.23. The maximum Gasteiger partial charge on any atom is 0.155 e. The van der Waals surface area contributed by atoms with E-state index in [0.717, 1.165) is 57.0 Å². The number of hydrogen-bond acceptors (Lipinski definition) is 6. The van der Waals surface area contributed by atoms with Crippen LogP contribution < -0.4 is 4.90 Å². The van der Waals surface area contributed by atoms with Crippen molar-refractivity contribution in [3.8, 4) is 0 Å². The number of piperidine rings is 1. The van der Waals surface area contributed by atoms with E-state index in [-0.39, 0.29) is 0 Å². The Bertz CT molecular complexity index is 859. The summed E-state index contributed by atoms with van der Waals surface area (Å²) < 4.78 is 1.98. The number of aromatic nitrogens is 4. The zero-order valence-corrected chi connectivity index (χ0v) is 15.7. The molecule has 3 aromatic heterocycles. The predicted molar refractivity (Wildman–Crippen MR) is 104 cm³/mol. The summed E-state index contributed by atoms with van der Waals surface area (Å²) in [6.07, 6.45) is 8.88. The van der Waals surface area contributed by atoms with Gasteiger partial charge in [-0.2, -0.15) is 5.10 Å². The van der Waals surface area contributed by atoms with Gasteiger partial charge in [0.2, 0.25) is 0 Å². The van der Waals surface area contributed by atoms with Crippen molar-refractivity contribution in [2.24, 2.45) is 0 Å². The van der Waals surface area contributed by atoms with Crippen LogP contribution in [0.2, 0.25) is 0 Å². The molecule has 2 saturated heterocycles.